The largest absolute Gasteiger partial charge is 0.507 e. The Morgan fingerprint density at radius 3 is 2.18 bits per heavy atom. The zero-order valence-electron chi connectivity index (χ0n) is 11.8. The number of rotatable bonds is 4. The highest BCUT2D eigenvalue weighted by Crippen LogP contribution is 2.34. The maximum Gasteiger partial charge on any atom is 0.295 e. The summed E-state index contributed by atoms with van der Waals surface area (Å²) in [5.41, 5.74) is 0. The molecule has 2 rings (SSSR count). The Labute approximate surface area is 128 Å². The van der Waals surface area contributed by atoms with Gasteiger partial charge in [-0.1, -0.05) is 12.1 Å². The third kappa shape index (κ3) is 3.07. The van der Waals surface area contributed by atoms with Gasteiger partial charge < -0.3 is 5.11 Å². The van der Waals surface area contributed by atoms with Crippen LogP contribution in [0.5, 0.6) is 5.75 Å². The van der Waals surface area contributed by atoms with Crippen LogP contribution in [0, 0.1) is 0 Å². The summed E-state index contributed by atoms with van der Waals surface area (Å²) in [4.78, 5) is -0.733. The fraction of sp³-hybridized carbons (Fsp3) is 0.231. The lowest BCUT2D eigenvalue weighted by atomic mass is 10.1. The van der Waals surface area contributed by atoms with E-state index < -0.39 is 30.8 Å². The van der Waals surface area contributed by atoms with Crippen LogP contribution < -0.4 is 4.72 Å². The average Bonchev–Trinajstić information content (AvgIpc) is 2.35. The number of fused-ring (bicyclic) bond motifs is 1. The lowest BCUT2D eigenvalue weighted by Gasteiger charge is -2.13. The summed E-state index contributed by atoms with van der Waals surface area (Å²) in [6.07, 6.45) is 0. The van der Waals surface area contributed by atoms with E-state index in [0.717, 1.165) is 12.1 Å². The Hall–Kier alpha value is -1.68. The minimum Gasteiger partial charge on any atom is -0.507 e. The number of phenols is 1. The summed E-state index contributed by atoms with van der Waals surface area (Å²) < 4.78 is 59.1. The Morgan fingerprint density at radius 2 is 1.64 bits per heavy atom. The van der Waals surface area contributed by atoms with E-state index in [1.807, 2.05) is 0 Å². The first-order valence-electron chi connectivity index (χ1n) is 6.28. The minimum absolute atomic E-state index is 0.0749. The van der Waals surface area contributed by atoms with Gasteiger partial charge in [0.15, 0.2) is 0 Å². The Kier molecular flexibility index (Phi) is 4.18. The third-order valence-electron chi connectivity index (χ3n) is 2.90. The van der Waals surface area contributed by atoms with Gasteiger partial charge in [-0.2, -0.15) is 8.42 Å². The quantitative estimate of drug-likeness (QED) is 0.722. The number of phenolic OH excluding ortho intramolecular Hbond substituents is 1. The molecule has 0 atom stereocenters. The Balaban J connectivity index is 2.91. The monoisotopic (exact) mass is 345 g/mol. The van der Waals surface area contributed by atoms with Crippen molar-refractivity contribution in [2.75, 3.05) is 0 Å². The SMILES string of the molecule is CC(C)NS(=O)(=O)c1cccc2c(S(=O)(=O)O)ccc(O)c12. The predicted octanol–water partition coefficient (Wildman–Crippen LogP) is 1.48. The molecule has 0 unspecified atom stereocenters. The number of benzene rings is 2. The summed E-state index contributed by atoms with van der Waals surface area (Å²) in [7, 11) is -8.52. The first kappa shape index (κ1) is 16.7. The van der Waals surface area contributed by atoms with Crippen molar-refractivity contribution in [1.82, 2.24) is 4.72 Å². The number of aromatic hydroxyl groups is 1. The molecule has 0 aromatic heterocycles. The van der Waals surface area contributed by atoms with Crippen LogP contribution in [0.25, 0.3) is 10.8 Å². The highest BCUT2D eigenvalue weighted by molar-refractivity contribution is 7.89. The Bertz CT molecular complexity index is 932. The second-order valence-corrected chi connectivity index (χ2v) is 8.08. The second kappa shape index (κ2) is 5.51. The molecule has 0 aliphatic heterocycles. The molecule has 22 heavy (non-hydrogen) atoms. The average molecular weight is 345 g/mol. The Morgan fingerprint density at radius 1 is 1.00 bits per heavy atom. The van der Waals surface area contributed by atoms with Crippen molar-refractivity contribution in [2.45, 2.75) is 29.7 Å². The van der Waals surface area contributed by atoms with E-state index in [1.165, 1.54) is 18.2 Å². The molecule has 2 aromatic rings. The number of sulfonamides is 1. The molecule has 2 aromatic carbocycles. The predicted molar refractivity (Wildman–Crippen MR) is 80.9 cm³/mol. The van der Waals surface area contributed by atoms with E-state index in [0.29, 0.717) is 0 Å². The van der Waals surface area contributed by atoms with Crippen molar-refractivity contribution in [1.29, 1.82) is 0 Å². The van der Waals surface area contributed by atoms with Crippen LogP contribution in [0.1, 0.15) is 13.8 Å². The van der Waals surface area contributed by atoms with Crippen LogP contribution in [0.2, 0.25) is 0 Å². The fourth-order valence-electron chi connectivity index (χ4n) is 2.15. The fourth-order valence-corrected chi connectivity index (χ4v) is 4.33. The van der Waals surface area contributed by atoms with E-state index in [2.05, 4.69) is 4.72 Å². The standard InChI is InChI=1S/C13H15NO6S2/c1-8(2)14-21(16,17)12-5-3-4-9-11(22(18,19)20)7-6-10(15)13(9)12/h3-8,14-15H,1-2H3,(H,18,19,20). The van der Waals surface area contributed by atoms with Crippen LogP contribution in [0.3, 0.4) is 0 Å². The first-order chi connectivity index (χ1) is 10.0. The molecule has 0 radical (unpaired) electrons. The number of hydrogen-bond acceptors (Lipinski definition) is 5. The van der Waals surface area contributed by atoms with Crippen molar-refractivity contribution < 1.29 is 26.5 Å². The molecule has 0 heterocycles. The van der Waals surface area contributed by atoms with E-state index in [1.54, 1.807) is 13.8 Å². The summed E-state index contributed by atoms with van der Waals surface area (Å²) in [6.45, 7) is 3.26. The van der Waals surface area contributed by atoms with Crippen LogP contribution in [-0.2, 0) is 20.1 Å². The maximum absolute atomic E-state index is 12.3. The molecule has 3 N–H and O–H groups in total. The van der Waals surface area contributed by atoms with Crippen LogP contribution >= 0.6 is 0 Å². The molecule has 9 heteroatoms. The smallest absolute Gasteiger partial charge is 0.295 e. The molecule has 0 saturated heterocycles. The molecule has 0 spiro atoms. The van der Waals surface area contributed by atoms with Crippen LogP contribution in [-0.4, -0.2) is 32.5 Å². The molecular weight excluding hydrogens is 330 g/mol. The summed E-state index contributed by atoms with van der Waals surface area (Å²) in [5, 5.41) is 9.73. The van der Waals surface area contributed by atoms with E-state index in [9.17, 15) is 26.5 Å². The van der Waals surface area contributed by atoms with Crippen LogP contribution in [0.15, 0.2) is 40.1 Å². The molecule has 7 nitrogen and oxygen atoms in total. The highest BCUT2D eigenvalue weighted by Gasteiger charge is 2.23. The van der Waals surface area contributed by atoms with Crippen LogP contribution in [0.4, 0.5) is 0 Å². The zero-order valence-corrected chi connectivity index (χ0v) is 13.4. The zero-order chi connectivity index (χ0) is 16.7. The van der Waals surface area contributed by atoms with E-state index in [-0.39, 0.29) is 21.7 Å². The van der Waals surface area contributed by atoms with Gasteiger partial charge in [0.2, 0.25) is 10.0 Å². The van der Waals surface area contributed by atoms with Gasteiger partial charge in [0, 0.05) is 16.8 Å². The molecule has 0 fully saturated rings. The van der Waals surface area contributed by atoms with E-state index in [4.69, 9.17) is 0 Å². The maximum atomic E-state index is 12.3. The molecule has 0 bridgehead atoms. The minimum atomic E-state index is -4.56. The number of nitrogens with one attached hydrogen (secondary N) is 1. The van der Waals surface area contributed by atoms with Gasteiger partial charge in [0.05, 0.1) is 4.90 Å². The molecule has 0 aliphatic carbocycles. The molecule has 0 amide bonds. The number of hydrogen-bond donors (Lipinski definition) is 3. The lowest BCUT2D eigenvalue weighted by Crippen LogP contribution is -2.30. The molecule has 0 aliphatic rings. The molecule has 120 valence electrons. The normalized spacial score (nSPS) is 12.9. The third-order valence-corrected chi connectivity index (χ3v) is 5.51. The highest BCUT2D eigenvalue weighted by atomic mass is 32.2. The van der Waals surface area contributed by atoms with Crippen molar-refractivity contribution in [2.24, 2.45) is 0 Å². The van der Waals surface area contributed by atoms with Gasteiger partial charge >= 0.3 is 0 Å². The second-order valence-electron chi connectivity index (χ2n) is 5.01. The van der Waals surface area contributed by atoms with Gasteiger partial charge in [0.25, 0.3) is 10.1 Å². The van der Waals surface area contributed by atoms with Crippen molar-refractivity contribution in [3.05, 3.63) is 30.3 Å². The van der Waals surface area contributed by atoms with Gasteiger partial charge in [-0.25, -0.2) is 13.1 Å². The summed E-state index contributed by atoms with van der Waals surface area (Å²) in [6, 6.07) is 5.56. The molecular formula is C13H15NO6S2. The lowest BCUT2D eigenvalue weighted by molar-refractivity contribution is 0.478. The van der Waals surface area contributed by atoms with Crippen molar-refractivity contribution in [3.63, 3.8) is 0 Å². The first-order valence-corrected chi connectivity index (χ1v) is 9.21. The van der Waals surface area contributed by atoms with Gasteiger partial charge in [-0.3, -0.25) is 4.55 Å². The van der Waals surface area contributed by atoms with Crippen molar-refractivity contribution >= 4 is 30.9 Å². The van der Waals surface area contributed by atoms with Crippen molar-refractivity contribution in [3.8, 4) is 5.75 Å². The van der Waals surface area contributed by atoms with Gasteiger partial charge in [0.1, 0.15) is 10.6 Å². The topological polar surface area (TPSA) is 121 Å². The summed E-state index contributed by atoms with van der Waals surface area (Å²) in [5.74, 6) is -0.396. The van der Waals surface area contributed by atoms with E-state index >= 15 is 0 Å². The summed E-state index contributed by atoms with van der Waals surface area (Å²) >= 11 is 0. The van der Waals surface area contributed by atoms with Gasteiger partial charge in [-0.15, -0.1) is 0 Å². The van der Waals surface area contributed by atoms with Gasteiger partial charge in [-0.05, 0) is 32.0 Å². The molecule has 0 saturated carbocycles.